The van der Waals surface area contributed by atoms with E-state index in [9.17, 15) is 43.2 Å². The van der Waals surface area contributed by atoms with Crippen molar-refractivity contribution in [1.82, 2.24) is 0 Å². The summed E-state index contributed by atoms with van der Waals surface area (Å²) in [5, 5.41) is 0. The Morgan fingerprint density at radius 1 is 0.600 bits per heavy atom. The Balaban J connectivity index is 3.35. The molecule has 0 amide bonds. The maximum Gasteiger partial charge on any atom is 0.501 e. The minimum atomic E-state index is -5.75. The second-order valence-electron chi connectivity index (χ2n) is 3.37. The third kappa shape index (κ3) is 2.75. The van der Waals surface area contributed by atoms with Gasteiger partial charge in [0, 0.05) is 0 Å². The van der Waals surface area contributed by atoms with Crippen molar-refractivity contribution in [3.8, 4) is 0 Å². The standard InChI is InChI=1S/C8H4F6O4S2/c9-7(10,11)19(15,16)5-1-2-6(4-3-5)20(17,18)8(12,13)14/h1-4H. The molecule has 0 aliphatic rings. The molecule has 0 N–H and O–H groups in total. The van der Waals surface area contributed by atoms with Crippen molar-refractivity contribution in [2.45, 2.75) is 20.8 Å². The van der Waals surface area contributed by atoms with Crippen molar-refractivity contribution in [2.75, 3.05) is 0 Å². The van der Waals surface area contributed by atoms with Crippen LogP contribution in [0.3, 0.4) is 0 Å². The minimum absolute atomic E-state index is 0.140. The molecule has 0 bridgehead atoms. The van der Waals surface area contributed by atoms with Crippen LogP contribution in [0.25, 0.3) is 0 Å². The van der Waals surface area contributed by atoms with E-state index in [1.165, 1.54) is 0 Å². The van der Waals surface area contributed by atoms with E-state index in [4.69, 9.17) is 0 Å². The van der Waals surface area contributed by atoms with Crippen molar-refractivity contribution in [2.24, 2.45) is 0 Å². The van der Waals surface area contributed by atoms with Crippen LogP contribution in [0.1, 0.15) is 0 Å². The van der Waals surface area contributed by atoms with Crippen LogP contribution in [-0.2, 0) is 19.7 Å². The Kier molecular flexibility index (Phi) is 3.87. The van der Waals surface area contributed by atoms with Crippen molar-refractivity contribution in [3.05, 3.63) is 24.3 Å². The normalized spacial score (nSPS) is 14.3. The summed E-state index contributed by atoms with van der Waals surface area (Å²) in [4.78, 5) is -2.71. The van der Waals surface area contributed by atoms with Crippen LogP contribution < -0.4 is 0 Å². The van der Waals surface area contributed by atoms with Gasteiger partial charge in [0.05, 0.1) is 9.79 Å². The molecule has 1 rings (SSSR count). The highest BCUT2D eigenvalue weighted by atomic mass is 32.2. The number of benzene rings is 1. The van der Waals surface area contributed by atoms with Gasteiger partial charge in [-0.05, 0) is 24.3 Å². The second-order valence-corrected chi connectivity index (χ2v) is 7.25. The summed E-state index contributed by atoms with van der Waals surface area (Å²) >= 11 is 0. The minimum Gasteiger partial charge on any atom is -0.214 e. The quantitative estimate of drug-likeness (QED) is 0.774. The summed E-state index contributed by atoms with van der Waals surface area (Å²) in [6, 6.07) is 0.561. The zero-order valence-corrected chi connectivity index (χ0v) is 10.7. The second kappa shape index (κ2) is 4.62. The van der Waals surface area contributed by atoms with E-state index in [0.29, 0.717) is 0 Å². The SMILES string of the molecule is O=S(=O)(c1ccc(S(=O)(=O)C(F)(F)F)cc1)C(F)(F)F. The van der Waals surface area contributed by atoms with Crippen LogP contribution in [0.4, 0.5) is 26.3 Å². The van der Waals surface area contributed by atoms with Gasteiger partial charge < -0.3 is 0 Å². The van der Waals surface area contributed by atoms with Gasteiger partial charge in [0.2, 0.25) is 0 Å². The van der Waals surface area contributed by atoms with E-state index in [1.807, 2.05) is 0 Å². The van der Waals surface area contributed by atoms with Gasteiger partial charge in [-0.2, -0.15) is 26.3 Å². The van der Waals surface area contributed by atoms with Gasteiger partial charge in [-0.15, -0.1) is 0 Å². The smallest absolute Gasteiger partial charge is 0.214 e. The summed E-state index contributed by atoms with van der Waals surface area (Å²) < 4.78 is 117. The van der Waals surface area contributed by atoms with Crippen LogP contribution in [0.5, 0.6) is 0 Å². The van der Waals surface area contributed by atoms with Gasteiger partial charge in [0.25, 0.3) is 19.7 Å². The van der Waals surface area contributed by atoms with E-state index in [-0.39, 0.29) is 24.3 Å². The summed E-state index contributed by atoms with van der Waals surface area (Å²) in [5.41, 5.74) is -11.3. The lowest BCUT2D eigenvalue weighted by Gasteiger charge is -2.10. The van der Waals surface area contributed by atoms with Crippen LogP contribution in [0.15, 0.2) is 34.1 Å². The Hall–Kier alpha value is -1.30. The fraction of sp³-hybridized carbons (Fsp3) is 0.250. The van der Waals surface area contributed by atoms with Crippen LogP contribution in [0, 0.1) is 0 Å². The summed E-state index contributed by atoms with van der Waals surface area (Å²) in [6.07, 6.45) is 0. The highest BCUT2D eigenvalue weighted by molar-refractivity contribution is 7.92. The highest BCUT2D eigenvalue weighted by Crippen LogP contribution is 2.33. The van der Waals surface area contributed by atoms with Crippen molar-refractivity contribution in [3.63, 3.8) is 0 Å². The number of rotatable bonds is 2. The molecule has 20 heavy (non-hydrogen) atoms. The van der Waals surface area contributed by atoms with Gasteiger partial charge >= 0.3 is 11.0 Å². The van der Waals surface area contributed by atoms with E-state index >= 15 is 0 Å². The molecule has 0 unspecified atom stereocenters. The van der Waals surface area contributed by atoms with Crippen LogP contribution >= 0.6 is 0 Å². The molecule has 114 valence electrons. The number of sulfone groups is 2. The van der Waals surface area contributed by atoms with Gasteiger partial charge in [0.15, 0.2) is 0 Å². The summed E-state index contributed by atoms with van der Waals surface area (Å²) in [6.45, 7) is 0. The Labute approximate surface area is 108 Å². The molecule has 0 fully saturated rings. The largest absolute Gasteiger partial charge is 0.501 e. The lowest BCUT2D eigenvalue weighted by atomic mass is 10.4. The van der Waals surface area contributed by atoms with Gasteiger partial charge in [0.1, 0.15) is 0 Å². The predicted molar refractivity (Wildman–Crippen MR) is 52.9 cm³/mol. The molecule has 1 aromatic carbocycles. The molecule has 0 saturated carbocycles. The number of hydrogen-bond acceptors (Lipinski definition) is 4. The Morgan fingerprint density at radius 2 is 0.800 bits per heavy atom. The van der Waals surface area contributed by atoms with Crippen molar-refractivity contribution in [1.29, 1.82) is 0 Å². The van der Waals surface area contributed by atoms with Gasteiger partial charge in [-0.1, -0.05) is 0 Å². The zero-order chi connectivity index (χ0) is 16.0. The van der Waals surface area contributed by atoms with E-state index in [2.05, 4.69) is 0 Å². The molecule has 0 radical (unpaired) electrons. The molecule has 12 heteroatoms. The average Bonchev–Trinajstić information content (AvgIpc) is 2.26. The van der Waals surface area contributed by atoms with Crippen LogP contribution in [0.2, 0.25) is 0 Å². The van der Waals surface area contributed by atoms with Crippen molar-refractivity contribution < 1.29 is 43.2 Å². The van der Waals surface area contributed by atoms with E-state index < -0.39 is 40.5 Å². The first kappa shape index (κ1) is 16.8. The van der Waals surface area contributed by atoms with E-state index in [0.717, 1.165) is 0 Å². The highest BCUT2D eigenvalue weighted by Gasteiger charge is 2.48. The molecular weight excluding hydrogens is 338 g/mol. The molecule has 0 atom stereocenters. The molecule has 0 heterocycles. The predicted octanol–water partition coefficient (Wildman–Crippen LogP) is 2.27. The molecule has 1 aromatic rings. The third-order valence-corrected chi connectivity index (χ3v) is 5.06. The van der Waals surface area contributed by atoms with E-state index in [1.54, 1.807) is 0 Å². The number of halogens is 6. The zero-order valence-electron chi connectivity index (χ0n) is 9.03. The number of alkyl halides is 6. The molecule has 0 saturated heterocycles. The maximum atomic E-state index is 12.2. The van der Waals surface area contributed by atoms with Crippen LogP contribution in [-0.4, -0.2) is 27.9 Å². The summed E-state index contributed by atoms with van der Waals surface area (Å²) in [5.74, 6) is 0. The lowest BCUT2D eigenvalue weighted by molar-refractivity contribution is -0.0443. The van der Waals surface area contributed by atoms with Gasteiger partial charge in [-0.3, -0.25) is 0 Å². The fourth-order valence-electron chi connectivity index (χ4n) is 1.07. The summed E-state index contributed by atoms with van der Waals surface area (Å²) in [7, 11) is -11.5. The topological polar surface area (TPSA) is 68.3 Å². The molecule has 0 spiro atoms. The fourth-order valence-corrected chi connectivity index (χ4v) is 2.59. The van der Waals surface area contributed by atoms with Gasteiger partial charge in [-0.25, -0.2) is 16.8 Å². The van der Waals surface area contributed by atoms with Crippen molar-refractivity contribution >= 4 is 19.7 Å². The molecular formula is C8H4F6O4S2. The first-order valence-corrected chi connectivity index (χ1v) is 7.40. The number of hydrogen-bond donors (Lipinski definition) is 0. The lowest BCUT2D eigenvalue weighted by Crippen LogP contribution is -2.24. The first-order chi connectivity index (χ1) is 8.71. The molecule has 4 nitrogen and oxygen atoms in total. The Morgan fingerprint density at radius 3 is 0.950 bits per heavy atom. The Bertz CT molecular complexity index is 634. The monoisotopic (exact) mass is 342 g/mol. The molecule has 0 aliphatic carbocycles. The third-order valence-electron chi connectivity index (χ3n) is 2.05. The molecule has 0 aliphatic heterocycles. The first-order valence-electron chi connectivity index (χ1n) is 4.44. The average molecular weight is 342 g/mol. The molecule has 0 aromatic heterocycles. The maximum absolute atomic E-state index is 12.2.